The third-order valence-electron chi connectivity index (χ3n) is 21.1. The first-order valence-corrected chi connectivity index (χ1v) is 41.0. The number of Topliss-reactive ketones (excluding diaryl/α,β-unsaturated/α-hetero) is 3. The molecule has 566 valence electrons. The number of hydrogen-bond donors (Lipinski definition) is 3. The standard InChI is InChI=1S/C20H34O.C20H32O.C14H26O.C13H22O2.C13H20O.C12H22O/c2*1-16(2)8-5-9-17(3)10-6-11-18(4)14-15-19-12-7-13-20(19)21;1-3-4-5-6-7-8-13-9-12(2)10-14(15)11-13;1-3-4-5-6-12-11(9-10(2)14)7-8-13(12)15;1-3-4-5-6-7-12-8-11(2)9-13(14)10-12;1-3-4-5-6-11-7-10(2)8-12(13)9-11/h8,10,14,19-21H,5-7,9,11-13,15H2,1-4H3;8,10,14,19H,5-7,9,11-13,15H2,1-4H3;10,13-15H,3-9,11H2,1-2H3;11-12H,3-9H2,1-2H3;4-5,9,12H,3,6-8,10H2,1-2H3;8,11-13H,3-7,9H2,1-2H3/b2*17-10+,18-14+;;;5-4-;. The Hall–Kier alpha value is -4.04. The van der Waals surface area contributed by atoms with Gasteiger partial charge in [0.25, 0.3) is 0 Å². The minimum atomic E-state index is -0.167. The van der Waals surface area contributed by atoms with Crippen LogP contribution in [0, 0.1) is 41.4 Å². The van der Waals surface area contributed by atoms with Crippen molar-refractivity contribution >= 4 is 23.1 Å². The number of carbonyl (C=O) groups excluding carboxylic acids is 4. The van der Waals surface area contributed by atoms with Gasteiger partial charge in [0.2, 0.25) is 0 Å². The van der Waals surface area contributed by atoms with Crippen LogP contribution < -0.4 is 0 Å². The Kier molecular flexibility index (Phi) is 54.8. The summed E-state index contributed by atoms with van der Waals surface area (Å²) in [4.78, 5) is 45.6. The minimum Gasteiger partial charge on any atom is -0.393 e. The summed E-state index contributed by atoms with van der Waals surface area (Å²) < 4.78 is 0. The molecule has 6 aliphatic carbocycles. The van der Waals surface area contributed by atoms with Crippen molar-refractivity contribution in [1.29, 1.82) is 0 Å². The zero-order valence-corrected chi connectivity index (χ0v) is 67.3. The highest BCUT2D eigenvalue weighted by Gasteiger charge is 2.34. The molecule has 6 aliphatic rings. The van der Waals surface area contributed by atoms with E-state index >= 15 is 0 Å². The van der Waals surface area contributed by atoms with Crippen LogP contribution in [0.3, 0.4) is 0 Å². The van der Waals surface area contributed by atoms with Crippen LogP contribution in [0.1, 0.15) is 380 Å². The predicted molar refractivity (Wildman–Crippen MR) is 429 cm³/mol. The van der Waals surface area contributed by atoms with Gasteiger partial charge in [0.1, 0.15) is 17.3 Å². The van der Waals surface area contributed by atoms with Crippen LogP contribution in [0.5, 0.6) is 0 Å². The van der Waals surface area contributed by atoms with Crippen molar-refractivity contribution in [1.82, 2.24) is 0 Å². The normalized spacial score (nSPS) is 24.2. The Morgan fingerprint density at radius 1 is 0.455 bits per heavy atom. The lowest BCUT2D eigenvalue weighted by atomic mass is 9.84. The van der Waals surface area contributed by atoms with Crippen LogP contribution in [0.4, 0.5) is 0 Å². The molecule has 0 aromatic carbocycles. The molecule has 10 atom stereocenters. The van der Waals surface area contributed by atoms with E-state index in [1.54, 1.807) is 13.0 Å². The van der Waals surface area contributed by atoms with Gasteiger partial charge in [-0.2, -0.15) is 0 Å². The van der Waals surface area contributed by atoms with E-state index in [-0.39, 0.29) is 30.0 Å². The second-order valence-corrected chi connectivity index (χ2v) is 32.1. The molecular formula is C92H156O7. The van der Waals surface area contributed by atoms with Gasteiger partial charge in [0, 0.05) is 37.5 Å². The number of unbranched alkanes of at least 4 members (excludes halogenated alkanes) is 8. The fourth-order valence-electron chi connectivity index (χ4n) is 15.3. The lowest BCUT2D eigenvalue weighted by molar-refractivity contribution is -0.122. The number of hydrogen-bond acceptors (Lipinski definition) is 7. The first kappa shape index (κ1) is 93.0. The van der Waals surface area contributed by atoms with E-state index in [1.165, 1.54) is 172 Å². The third-order valence-corrected chi connectivity index (χ3v) is 21.1. The van der Waals surface area contributed by atoms with Crippen LogP contribution in [-0.4, -0.2) is 56.8 Å². The van der Waals surface area contributed by atoms with E-state index in [4.69, 9.17) is 0 Å². The molecule has 3 saturated carbocycles. The van der Waals surface area contributed by atoms with Gasteiger partial charge < -0.3 is 20.1 Å². The summed E-state index contributed by atoms with van der Waals surface area (Å²) in [6, 6.07) is 0. The molecular weight excluding hydrogens is 1220 g/mol. The molecule has 0 aromatic rings. The molecule has 0 bridgehead atoms. The maximum absolute atomic E-state index is 11.6. The quantitative estimate of drug-likeness (QED) is 0.0421. The summed E-state index contributed by atoms with van der Waals surface area (Å²) in [7, 11) is 0. The lowest BCUT2D eigenvalue weighted by Gasteiger charge is -2.24. The predicted octanol–water partition coefficient (Wildman–Crippen LogP) is 26.3. The highest BCUT2D eigenvalue weighted by molar-refractivity contribution is 5.91. The highest BCUT2D eigenvalue weighted by atomic mass is 16.3. The second-order valence-electron chi connectivity index (χ2n) is 32.1. The average Bonchev–Trinajstić information content (AvgIpc) is 1.76. The van der Waals surface area contributed by atoms with Crippen molar-refractivity contribution in [2.75, 3.05) is 0 Å². The second kappa shape index (κ2) is 58.4. The van der Waals surface area contributed by atoms with Crippen molar-refractivity contribution in [2.24, 2.45) is 41.4 Å². The number of carbonyl (C=O) groups is 4. The minimum absolute atomic E-state index is 0.0498. The number of ketones is 4. The van der Waals surface area contributed by atoms with Gasteiger partial charge in [0.05, 0.1) is 18.3 Å². The average molecular weight is 1370 g/mol. The van der Waals surface area contributed by atoms with E-state index in [0.717, 1.165) is 147 Å². The zero-order valence-electron chi connectivity index (χ0n) is 67.3. The fraction of sp³-hybridized carbons (Fsp3) is 0.739. The molecule has 0 heterocycles. The van der Waals surface area contributed by atoms with Gasteiger partial charge in [-0.15, -0.1) is 0 Å². The van der Waals surface area contributed by atoms with Crippen LogP contribution >= 0.6 is 0 Å². The Morgan fingerprint density at radius 2 is 0.939 bits per heavy atom. The topological polar surface area (TPSA) is 129 Å². The van der Waals surface area contributed by atoms with Gasteiger partial charge in [-0.05, 0) is 273 Å². The Balaban J connectivity index is 0.000000600. The Labute approximate surface area is 611 Å². The molecule has 10 unspecified atom stereocenters. The summed E-state index contributed by atoms with van der Waals surface area (Å²) >= 11 is 0. The molecule has 6 rings (SSSR count). The summed E-state index contributed by atoms with van der Waals surface area (Å²) in [5, 5.41) is 29.0. The molecule has 0 radical (unpaired) electrons. The fourth-order valence-corrected chi connectivity index (χ4v) is 15.3. The molecule has 7 nitrogen and oxygen atoms in total. The van der Waals surface area contributed by atoms with Gasteiger partial charge in [0.15, 0.2) is 5.78 Å². The Morgan fingerprint density at radius 3 is 1.40 bits per heavy atom. The van der Waals surface area contributed by atoms with Crippen molar-refractivity contribution in [3.63, 3.8) is 0 Å². The van der Waals surface area contributed by atoms with E-state index in [0.29, 0.717) is 53.9 Å². The van der Waals surface area contributed by atoms with Crippen LogP contribution in [-0.2, 0) is 19.2 Å². The maximum Gasteiger partial charge on any atom is 0.155 e. The van der Waals surface area contributed by atoms with Crippen LogP contribution in [0.15, 0.2) is 117 Å². The monoisotopic (exact) mass is 1370 g/mol. The maximum atomic E-state index is 11.6. The first-order valence-electron chi connectivity index (χ1n) is 41.0. The van der Waals surface area contributed by atoms with E-state index < -0.39 is 0 Å². The van der Waals surface area contributed by atoms with Gasteiger partial charge in [-0.3, -0.25) is 14.4 Å². The molecule has 7 heteroatoms. The number of allylic oxidation sites excluding steroid dienone is 18. The molecule has 0 saturated heterocycles. The molecule has 3 fully saturated rings. The summed E-state index contributed by atoms with van der Waals surface area (Å²) in [6.07, 6.45) is 71.5. The third kappa shape index (κ3) is 50.1. The first-order chi connectivity index (χ1) is 47.3. The Bertz CT molecular complexity index is 2530. The van der Waals surface area contributed by atoms with Crippen LogP contribution in [0.25, 0.3) is 0 Å². The molecule has 3 N–H and O–H groups in total. The number of rotatable bonds is 36. The molecule has 0 spiro atoms. The zero-order chi connectivity index (χ0) is 73.8. The highest BCUT2D eigenvalue weighted by Crippen LogP contribution is 2.36. The van der Waals surface area contributed by atoms with Crippen molar-refractivity contribution in [3.8, 4) is 0 Å². The van der Waals surface area contributed by atoms with Crippen molar-refractivity contribution < 1.29 is 34.5 Å². The summed E-state index contributed by atoms with van der Waals surface area (Å²) in [6.45, 7) is 34.3. The van der Waals surface area contributed by atoms with Crippen molar-refractivity contribution in [2.45, 2.75) is 399 Å². The largest absolute Gasteiger partial charge is 0.393 e. The van der Waals surface area contributed by atoms with E-state index in [9.17, 15) is 34.5 Å². The van der Waals surface area contributed by atoms with Gasteiger partial charge >= 0.3 is 0 Å². The smallest absolute Gasteiger partial charge is 0.155 e. The summed E-state index contributed by atoms with van der Waals surface area (Å²) in [5.74, 6) is 4.89. The molecule has 0 amide bonds. The summed E-state index contributed by atoms with van der Waals surface area (Å²) in [5.41, 5.74) is 12.7. The van der Waals surface area contributed by atoms with E-state index in [2.05, 4.69) is 152 Å². The molecule has 0 aromatic heterocycles. The number of aliphatic hydroxyl groups is 3. The van der Waals surface area contributed by atoms with Gasteiger partial charge in [-0.25, -0.2) is 0 Å². The SMILES string of the molecule is CC(C)=CCC/C(C)=C/CC/C(C)=C/CC1CCCC1=O.CC(C)=CCC/C(C)=C/CC/C(C)=C/CC1CCCC1O.CC/C=C\CCC1CC(=O)C=C(C)C1.CCCCCC1C(=O)CCC1CC(C)=O.CCCCCC1CC(C)=CC(O)C1.CCCCCCCC1CC(C)=CC(O)C1. The molecule has 99 heavy (non-hydrogen) atoms. The van der Waals surface area contributed by atoms with Gasteiger partial charge in [-0.1, -0.05) is 229 Å². The molecule has 0 aliphatic heterocycles. The number of aliphatic hydroxyl groups excluding tert-OH is 3. The van der Waals surface area contributed by atoms with Crippen LogP contribution in [0.2, 0.25) is 0 Å². The van der Waals surface area contributed by atoms with Crippen molar-refractivity contribution in [3.05, 3.63) is 117 Å². The lowest BCUT2D eigenvalue weighted by Crippen LogP contribution is -2.17. The van der Waals surface area contributed by atoms with E-state index in [1.807, 2.05) is 12.2 Å².